The number of rotatable bonds is 10. The molecule has 1 unspecified atom stereocenters. The van der Waals surface area contributed by atoms with Crippen LogP contribution in [0.25, 0.3) is 0 Å². The lowest BCUT2D eigenvalue weighted by molar-refractivity contribution is 0.0306. The van der Waals surface area contributed by atoms with Crippen molar-refractivity contribution in [1.29, 1.82) is 0 Å². The molecule has 0 aliphatic carbocycles. The lowest BCUT2D eigenvalue weighted by Crippen LogP contribution is -2.57. The van der Waals surface area contributed by atoms with E-state index in [1.165, 1.54) is 11.1 Å². The van der Waals surface area contributed by atoms with Gasteiger partial charge in [-0.15, -0.1) is 19.7 Å². The first-order valence-corrected chi connectivity index (χ1v) is 11.8. The molecule has 33 heavy (non-hydrogen) atoms. The molecule has 0 radical (unpaired) electrons. The zero-order valence-electron chi connectivity index (χ0n) is 20.1. The Morgan fingerprint density at radius 1 is 0.909 bits per heavy atom. The van der Waals surface area contributed by atoms with E-state index in [-0.39, 0.29) is 11.9 Å². The van der Waals surface area contributed by atoms with Crippen molar-refractivity contribution >= 4 is 5.91 Å². The van der Waals surface area contributed by atoms with Crippen molar-refractivity contribution in [3.05, 3.63) is 109 Å². The van der Waals surface area contributed by atoms with Crippen LogP contribution in [0.3, 0.4) is 0 Å². The normalized spacial score (nSPS) is 20.1. The Labute approximate surface area is 199 Å². The molecule has 4 heteroatoms. The third-order valence-corrected chi connectivity index (χ3v) is 6.43. The third kappa shape index (κ3) is 5.89. The van der Waals surface area contributed by atoms with E-state index in [1.807, 2.05) is 18.2 Å². The molecule has 3 atom stereocenters. The van der Waals surface area contributed by atoms with E-state index in [2.05, 4.69) is 85.8 Å². The largest absolute Gasteiger partial charge is 0.331 e. The van der Waals surface area contributed by atoms with E-state index in [4.69, 9.17) is 0 Å². The highest BCUT2D eigenvalue weighted by Crippen LogP contribution is 2.33. The van der Waals surface area contributed by atoms with Crippen LogP contribution in [0.1, 0.15) is 41.4 Å². The van der Waals surface area contributed by atoms with Crippen molar-refractivity contribution in [2.75, 3.05) is 32.7 Å². The van der Waals surface area contributed by atoms with Gasteiger partial charge in [0.25, 0.3) is 5.91 Å². The predicted molar refractivity (Wildman–Crippen MR) is 138 cm³/mol. The maximum absolute atomic E-state index is 13.0. The molecule has 1 heterocycles. The van der Waals surface area contributed by atoms with Crippen LogP contribution in [-0.4, -0.2) is 65.4 Å². The number of nitrogens with zero attached hydrogens (tertiary/aromatic N) is 3. The minimum Gasteiger partial charge on any atom is -0.331 e. The van der Waals surface area contributed by atoms with Gasteiger partial charge >= 0.3 is 0 Å². The molecule has 1 aliphatic rings. The molecule has 1 amide bonds. The number of hydrogen-bond donors (Lipinski definition) is 0. The van der Waals surface area contributed by atoms with Crippen molar-refractivity contribution in [3.8, 4) is 0 Å². The predicted octanol–water partition coefficient (Wildman–Crippen LogP) is 5.17. The molecule has 0 saturated carbocycles. The van der Waals surface area contributed by atoms with Gasteiger partial charge in [0.05, 0.1) is 6.04 Å². The maximum atomic E-state index is 13.0. The van der Waals surface area contributed by atoms with E-state index in [0.717, 1.165) is 19.6 Å². The standard InChI is InChI=1S/C29H37N3O/c1-6-18-30(19-7-2)29(33)27-16-14-26(15-17-27)28(25-12-10-9-11-13-25)32-22-23(4)31(20-8-3)21-24(32)5/h6-17,23-24,28H,1-3,18-22H2,4-5H3/t23-,24+,28?/m1/s1. The number of benzene rings is 2. The summed E-state index contributed by atoms with van der Waals surface area (Å²) in [5, 5.41) is 0. The van der Waals surface area contributed by atoms with E-state index in [0.29, 0.717) is 30.7 Å². The molecule has 0 N–H and O–H groups in total. The van der Waals surface area contributed by atoms with Gasteiger partial charge in [0.15, 0.2) is 0 Å². The van der Waals surface area contributed by atoms with Crippen molar-refractivity contribution in [3.63, 3.8) is 0 Å². The highest BCUT2D eigenvalue weighted by molar-refractivity contribution is 5.94. The molecule has 0 aromatic heterocycles. The minimum absolute atomic E-state index is 0.00218. The second kappa shape index (κ2) is 11.8. The van der Waals surface area contributed by atoms with Crippen LogP contribution < -0.4 is 0 Å². The lowest BCUT2D eigenvalue weighted by atomic mass is 9.93. The monoisotopic (exact) mass is 443 g/mol. The maximum Gasteiger partial charge on any atom is 0.254 e. The molecule has 1 aliphatic heterocycles. The van der Waals surface area contributed by atoms with Crippen LogP contribution >= 0.6 is 0 Å². The zero-order valence-corrected chi connectivity index (χ0v) is 20.1. The number of carbonyl (C=O) groups is 1. The van der Waals surface area contributed by atoms with Gasteiger partial charge in [-0.1, -0.05) is 60.7 Å². The Morgan fingerprint density at radius 3 is 2.09 bits per heavy atom. The van der Waals surface area contributed by atoms with Gasteiger partial charge in [0, 0.05) is 50.4 Å². The quantitative estimate of drug-likeness (QED) is 0.474. The van der Waals surface area contributed by atoms with Crippen LogP contribution in [0.4, 0.5) is 0 Å². The van der Waals surface area contributed by atoms with Crippen molar-refractivity contribution < 1.29 is 4.79 Å². The molecular formula is C29H37N3O. The van der Waals surface area contributed by atoms with Gasteiger partial charge in [-0.25, -0.2) is 0 Å². The van der Waals surface area contributed by atoms with E-state index in [9.17, 15) is 4.79 Å². The summed E-state index contributed by atoms with van der Waals surface area (Å²) in [7, 11) is 0. The summed E-state index contributed by atoms with van der Waals surface area (Å²) in [5.74, 6) is -0.00218. The topological polar surface area (TPSA) is 26.8 Å². The molecule has 1 saturated heterocycles. The first-order chi connectivity index (χ1) is 16.0. The highest BCUT2D eigenvalue weighted by atomic mass is 16.2. The summed E-state index contributed by atoms with van der Waals surface area (Å²) in [5.41, 5.74) is 3.16. The Balaban J connectivity index is 1.91. The van der Waals surface area contributed by atoms with Gasteiger partial charge in [-0.3, -0.25) is 14.6 Å². The van der Waals surface area contributed by atoms with E-state index in [1.54, 1.807) is 17.1 Å². The number of amides is 1. The summed E-state index contributed by atoms with van der Waals surface area (Å²) >= 11 is 0. The average molecular weight is 444 g/mol. The first kappa shape index (κ1) is 24.7. The van der Waals surface area contributed by atoms with Gasteiger partial charge in [-0.05, 0) is 37.1 Å². The Kier molecular flexibility index (Phi) is 8.81. The molecule has 2 aromatic carbocycles. The van der Waals surface area contributed by atoms with Gasteiger partial charge < -0.3 is 4.90 Å². The zero-order chi connectivity index (χ0) is 23.8. The van der Waals surface area contributed by atoms with Crippen molar-refractivity contribution in [2.45, 2.75) is 32.0 Å². The van der Waals surface area contributed by atoms with Crippen molar-refractivity contribution in [1.82, 2.24) is 14.7 Å². The van der Waals surface area contributed by atoms with Gasteiger partial charge in [-0.2, -0.15) is 0 Å². The number of carbonyl (C=O) groups excluding carboxylic acids is 1. The molecule has 4 nitrogen and oxygen atoms in total. The van der Waals surface area contributed by atoms with Crippen LogP contribution in [0.5, 0.6) is 0 Å². The van der Waals surface area contributed by atoms with Gasteiger partial charge in [0.1, 0.15) is 0 Å². The second-order valence-electron chi connectivity index (χ2n) is 8.86. The molecule has 174 valence electrons. The summed E-state index contributed by atoms with van der Waals surface area (Å²) in [6, 6.07) is 19.8. The molecule has 1 fully saturated rings. The summed E-state index contributed by atoms with van der Waals surface area (Å²) < 4.78 is 0. The Hall–Kier alpha value is -2.95. The first-order valence-electron chi connectivity index (χ1n) is 11.8. The van der Waals surface area contributed by atoms with Crippen LogP contribution in [0.15, 0.2) is 92.6 Å². The fraction of sp³-hybridized carbons (Fsp3) is 0.345. The van der Waals surface area contributed by atoms with Crippen LogP contribution in [0.2, 0.25) is 0 Å². The van der Waals surface area contributed by atoms with Crippen LogP contribution in [0, 0.1) is 0 Å². The Morgan fingerprint density at radius 2 is 1.52 bits per heavy atom. The van der Waals surface area contributed by atoms with E-state index >= 15 is 0 Å². The Bertz CT molecular complexity index is 927. The summed E-state index contributed by atoms with van der Waals surface area (Å²) in [4.78, 5) is 19.8. The highest BCUT2D eigenvalue weighted by Gasteiger charge is 2.34. The molecule has 2 aromatic rings. The number of hydrogen-bond acceptors (Lipinski definition) is 3. The van der Waals surface area contributed by atoms with E-state index < -0.39 is 0 Å². The molecular weight excluding hydrogens is 406 g/mol. The smallest absolute Gasteiger partial charge is 0.254 e. The average Bonchev–Trinajstić information content (AvgIpc) is 2.83. The lowest BCUT2D eigenvalue weighted by Gasteiger charge is -2.47. The van der Waals surface area contributed by atoms with Crippen molar-refractivity contribution in [2.24, 2.45) is 0 Å². The third-order valence-electron chi connectivity index (χ3n) is 6.43. The molecule has 0 bridgehead atoms. The SMILES string of the molecule is C=CCN(CC=C)C(=O)c1ccc(C(c2ccccc2)N2C[C@@H](C)N(CC=C)C[C@@H]2C)cc1. The summed E-state index contributed by atoms with van der Waals surface area (Å²) in [6.07, 6.45) is 5.48. The minimum atomic E-state index is -0.00218. The summed E-state index contributed by atoms with van der Waals surface area (Å²) in [6.45, 7) is 20.0. The van der Waals surface area contributed by atoms with Crippen LogP contribution in [-0.2, 0) is 0 Å². The van der Waals surface area contributed by atoms with Gasteiger partial charge in [0.2, 0.25) is 0 Å². The molecule has 0 spiro atoms. The number of piperazine rings is 1. The fourth-order valence-corrected chi connectivity index (χ4v) is 4.76. The molecule has 3 rings (SSSR count). The second-order valence-corrected chi connectivity index (χ2v) is 8.86. The fourth-order valence-electron chi connectivity index (χ4n) is 4.76.